The van der Waals surface area contributed by atoms with Gasteiger partial charge in [0.05, 0.1) is 0 Å². The van der Waals surface area contributed by atoms with Crippen LogP contribution in [-0.2, 0) is 13.0 Å². The molecule has 0 spiro atoms. The predicted octanol–water partition coefficient (Wildman–Crippen LogP) is 3.78. The monoisotopic (exact) mass is 284 g/mol. The third-order valence-electron chi connectivity index (χ3n) is 3.20. The van der Waals surface area contributed by atoms with Crippen molar-refractivity contribution in [2.45, 2.75) is 40.2 Å². The molecule has 0 fully saturated rings. The number of hydrogen-bond donors (Lipinski definition) is 2. The molecule has 0 saturated carbocycles. The number of nitrogens with one attached hydrogen (secondary N) is 2. The molecule has 0 aliphatic heterocycles. The Morgan fingerprint density at radius 1 is 1.00 bits per heavy atom. The quantitative estimate of drug-likeness (QED) is 0.812. The summed E-state index contributed by atoms with van der Waals surface area (Å²) in [5.41, 5.74) is 2.53. The maximum absolute atomic E-state index is 4.54. The second kappa shape index (κ2) is 7.62. The average molecular weight is 284 g/mol. The number of benzene rings is 1. The summed E-state index contributed by atoms with van der Waals surface area (Å²) >= 11 is 0. The Morgan fingerprint density at radius 2 is 1.76 bits per heavy atom. The van der Waals surface area contributed by atoms with Crippen LogP contribution in [0.2, 0.25) is 0 Å². The fraction of sp³-hybridized carbons (Fsp3) is 0.412. The van der Waals surface area contributed by atoms with E-state index in [0.717, 1.165) is 43.4 Å². The fourth-order valence-corrected chi connectivity index (χ4v) is 2.10. The number of rotatable bonds is 7. The molecule has 0 bridgehead atoms. The molecule has 2 N–H and O–H groups in total. The molecule has 0 atom stereocenters. The largest absolute Gasteiger partial charge is 0.370 e. The molecule has 2 rings (SSSR count). The molecule has 112 valence electrons. The molecule has 21 heavy (non-hydrogen) atoms. The Kier molecular flexibility index (Phi) is 5.55. The van der Waals surface area contributed by atoms with Crippen molar-refractivity contribution < 1.29 is 0 Å². The third-order valence-corrected chi connectivity index (χ3v) is 3.20. The van der Waals surface area contributed by atoms with Crippen LogP contribution in [0.1, 0.15) is 37.2 Å². The zero-order valence-corrected chi connectivity index (χ0v) is 13.1. The maximum atomic E-state index is 4.54. The van der Waals surface area contributed by atoms with Gasteiger partial charge in [-0.15, -0.1) is 0 Å². The summed E-state index contributed by atoms with van der Waals surface area (Å²) in [7, 11) is 0. The molecule has 0 radical (unpaired) electrons. The number of nitrogens with zero attached hydrogens (tertiary/aromatic N) is 2. The lowest BCUT2D eigenvalue weighted by Gasteiger charge is -2.11. The molecular formula is C17H24N4. The van der Waals surface area contributed by atoms with Crippen LogP contribution in [0.5, 0.6) is 0 Å². The first kappa shape index (κ1) is 15.3. The van der Waals surface area contributed by atoms with Crippen LogP contribution in [-0.4, -0.2) is 16.5 Å². The Labute approximate surface area is 127 Å². The van der Waals surface area contributed by atoms with Gasteiger partial charge in [-0.1, -0.05) is 43.7 Å². The highest BCUT2D eigenvalue weighted by Crippen LogP contribution is 2.13. The second-order valence-corrected chi connectivity index (χ2v) is 5.18. The Balaban J connectivity index is 2.07. The normalized spacial score (nSPS) is 10.4. The fourth-order valence-electron chi connectivity index (χ4n) is 2.10. The van der Waals surface area contributed by atoms with Gasteiger partial charge in [0.2, 0.25) is 0 Å². The van der Waals surface area contributed by atoms with E-state index in [4.69, 9.17) is 0 Å². The molecule has 2 aromatic rings. The topological polar surface area (TPSA) is 49.8 Å². The van der Waals surface area contributed by atoms with E-state index < -0.39 is 0 Å². The number of anilines is 2. The molecule has 1 heterocycles. The van der Waals surface area contributed by atoms with E-state index in [0.29, 0.717) is 0 Å². The molecule has 0 saturated heterocycles. The first-order valence-electron chi connectivity index (χ1n) is 7.62. The molecular weight excluding hydrogens is 260 g/mol. The minimum absolute atomic E-state index is 0.773. The third kappa shape index (κ3) is 4.74. The zero-order valence-electron chi connectivity index (χ0n) is 13.1. The summed E-state index contributed by atoms with van der Waals surface area (Å²) in [6.07, 6.45) is 1.91. The summed E-state index contributed by atoms with van der Waals surface area (Å²) in [6.45, 7) is 8.03. The van der Waals surface area contributed by atoms with E-state index in [1.54, 1.807) is 0 Å². The van der Waals surface area contributed by atoms with Crippen LogP contribution in [0, 0.1) is 6.92 Å². The van der Waals surface area contributed by atoms with Gasteiger partial charge in [-0.3, -0.25) is 0 Å². The van der Waals surface area contributed by atoms with E-state index in [9.17, 15) is 0 Å². The Bertz CT molecular complexity index is 581. The lowest BCUT2D eigenvalue weighted by molar-refractivity contribution is 0.913. The Hall–Kier alpha value is -2.10. The van der Waals surface area contributed by atoms with Crippen LogP contribution in [0.4, 0.5) is 11.6 Å². The van der Waals surface area contributed by atoms with Crippen LogP contribution in [0.3, 0.4) is 0 Å². The predicted molar refractivity (Wildman–Crippen MR) is 88.7 cm³/mol. The minimum atomic E-state index is 0.773. The van der Waals surface area contributed by atoms with Crippen molar-refractivity contribution in [3.05, 3.63) is 47.3 Å². The van der Waals surface area contributed by atoms with Crippen LogP contribution in [0.25, 0.3) is 0 Å². The first-order chi connectivity index (χ1) is 10.2. The molecule has 0 unspecified atom stereocenters. The van der Waals surface area contributed by atoms with E-state index in [1.165, 1.54) is 11.1 Å². The van der Waals surface area contributed by atoms with Gasteiger partial charge < -0.3 is 10.6 Å². The van der Waals surface area contributed by atoms with Crippen molar-refractivity contribution in [3.8, 4) is 0 Å². The first-order valence-corrected chi connectivity index (χ1v) is 7.62. The van der Waals surface area contributed by atoms with Crippen molar-refractivity contribution in [2.24, 2.45) is 0 Å². The van der Waals surface area contributed by atoms with Gasteiger partial charge >= 0.3 is 0 Å². The minimum Gasteiger partial charge on any atom is -0.370 e. The molecule has 1 aromatic carbocycles. The summed E-state index contributed by atoms with van der Waals surface area (Å²) in [4.78, 5) is 9.03. The number of aromatic nitrogens is 2. The molecule has 0 amide bonds. The summed E-state index contributed by atoms with van der Waals surface area (Å²) in [5.74, 6) is 2.64. The molecule has 0 aliphatic rings. The lowest BCUT2D eigenvalue weighted by Crippen LogP contribution is -2.08. The van der Waals surface area contributed by atoms with Gasteiger partial charge in [-0.05, 0) is 18.9 Å². The highest BCUT2D eigenvalue weighted by Gasteiger charge is 2.03. The molecule has 4 heteroatoms. The maximum Gasteiger partial charge on any atom is 0.132 e. The van der Waals surface area contributed by atoms with Crippen molar-refractivity contribution in [1.29, 1.82) is 0 Å². The van der Waals surface area contributed by atoms with Gasteiger partial charge in [0, 0.05) is 25.6 Å². The summed E-state index contributed by atoms with van der Waals surface area (Å²) in [6, 6.07) is 10.5. The zero-order chi connectivity index (χ0) is 15.1. The summed E-state index contributed by atoms with van der Waals surface area (Å²) < 4.78 is 0. The highest BCUT2D eigenvalue weighted by molar-refractivity contribution is 5.48. The number of hydrogen-bond acceptors (Lipinski definition) is 4. The van der Waals surface area contributed by atoms with Crippen LogP contribution in [0.15, 0.2) is 30.3 Å². The van der Waals surface area contributed by atoms with E-state index in [2.05, 4.69) is 65.6 Å². The van der Waals surface area contributed by atoms with Crippen molar-refractivity contribution in [3.63, 3.8) is 0 Å². The smallest absolute Gasteiger partial charge is 0.132 e. The number of aryl methyl sites for hydroxylation is 2. The van der Waals surface area contributed by atoms with Gasteiger partial charge in [0.25, 0.3) is 0 Å². The van der Waals surface area contributed by atoms with E-state index in [1.807, 2.05) is 6.07 Å². The molecule has 1 aromatic heterocycles. The molecule has 0 aliphatic carbocycles. The van der Waals surface area contributed by atoms with Crippen molar-refractivity contribution in [2.75, 3.05) is 17.2 Å². The standard InChI is InChI=1S/C17H24N4/c1-4-9-18-16-11-17(21-15(5-2)20-16)19-12-14-8-6-7-13(3)10-14/h6-8,10-11H,4-5,9,12H2,1-3H3,(H2,18,19,20,21). The van der Waals surface area contributed by atoms with Crippen molar-refractivity contribution >= 4 is 11.6 Å². The summed E-state index contributed by atoms with van der Waals surface area (Å²) in [5, 5.41) is 6.71. The van der Waals surface area contributed by atoms with Gasteiger partial charge in [0.15, 0.2) is 0 Å². The van der Waals surface area contributed by atoms with Crippen LogP contribution < -0.4 is 10.6 Å². The second-order valence-electron chi connectivity index (χ2n) is 5.18. The SMILES string of the molecule is CCCNc1cc(NCc2cccc(C)c2)nc(CC)n1. The van der Waals surface area contributed by atoms with Gasteiger partial charge in [0.1, 0.15) is 17.5 Å². The Morgan fingerprint density at radius 3 is 2.43 bits per heavy atom. The van der Waals surface area contributed by atoms with Gasteiger partial charge in [-0.2, -0.15) is 0 Å². The van der Waals surface area contributed by atoms with Gasteiger partial charge in [-0.25, -0.2) is 9.97 Å². The average Bonchev–Trinajstić information content (AvgIpc) is 2.51. The lowest BCUT2D eigenvalue weighted by atomic mass is 10.1. The van der Waals surface area contributed by atoms with E-state index in [-0.39, 0.29) is 0 Å². The van der Waals surface area contributed by atoms with E-state index >= 15 is 0 Å². The van der Waals surface area contributed by atoms with Crippen LogP contribution >= 0.6 is 0 Å². The highest BCUT2D eigenvalue weighted by atomic mass is 15.1. The van der Waals surface area contributed by atoms with Crippen molar-refractivity contribution in [1.82, 2.24) is 9.97 Å². The molecule has 4 nitrogen and oxygen atoms in total.